The van der Waals surface area contributed by atoms with Crippen molar-refractivity contribution in [3.8, 4) is 16.9 Å². The fourth-order valence-electron chi connectivity index (χ4n) is 5.40. The van der Waals surface area contributed by atoms with Gasteiger partial charge in [-0.05, 0) is 91.3 Å². The van der Waals surface area contributed by atoms with Crippen molar-refractivity contribution >= 4 is 18.8 Å². The number of carbonyl (C=O) groups excluding carboxylic acids is 1. The average molecular weight is 581 g/mol. The third-order valence-corrected chi connectivity index (χ3v) is 9.30. The van der Waals surface area contributed by atoms with E-state index in [4.69, 9.17) is 9.26 Å². The lowest BCUT2D eigenvalue weighted by atomic mass is 9.93. The van der Waals surface area contributed by atoms with Gasteiger partial charge in [0, 0.05) is 38.3 Å². The van der Waals surface area contributed by atoms with Crippen molar-refractivity contribution in [2.45, 2.75) is 45.6 Å². The molecule has 1 heterocycles. The number of nitrogens with zero attached hydrogens (tertiary/aromatic N) is 2. The van der Waals surface area contributed by atoms with Gasteiger partial charge in [-0.15, -0.1) is 0 Å². The molecule has 2 aliphatic rings. The van der Waals surface area contributed by atoms with Crippen LogP contribution in [0.3, 0.4) is 0 Å². The Morgan fingerprint density at radius 2 is 1.66 bits per heavy atom. The summed E-state index contributed by atoms with van der Waals surface area (Å²) in [5.74, 6) is 1.19. The van der Waals surface area contributed by atoms with Crippen molar-refractivity contribution in [3.05, 3.63) is 83.2 Å². The van der Waals surface area contributed by atoms with Crippen LogP contribution in [0.25, 0.3) is 11.1 Å². The van der Waals surface area contributed by atoms with Crippen molar-refractivity contribution in [3.63, 3.8) is 0 Å². The lowest BCUT2D eigenvalue weighted by molar-refractivity contribution is -0.132. The number of hydrogen-bond acceptors (Lipinski definition) is 5. The first-order valence-corrected chi connectivity index (χ1v) is 16.0. The van der Waals surface area contributed by atoms with E-state index >= 15 is 0 Å². The maximum Gasteiger partial charge on any atom is 0.358 e. The second-order valence-corrected chi connectivity index (χ2v) is 12.5. The number of piperazine rings is 1. The maximum atomic E-state index is 13.6. The van der Waals surface area contributed by atoms with E-state index in [2.05, 4.69) is 17.0 Å². The molecule has 7 nitrogen and oxygen atoms in total. The van der Waals surface area contributed by atoms with Crippen LogP contribution in [0.5, 0.6) is 5.75 Å². The minimum absolute atomic E-state index is 0.0454. The first-order chi connectivity index (χ1) is 19.8. The Kier molecular flexibility index (Phi) is 9.25. The topological polar surface area (TPSA) is 79.3 Å². The third kappa shape index (κ3) is 7.25. The van der Waals surface area contributed by atoms with Crippen LogP contribution in [-0.2, 0) is 26.8 Å². The quantitative estimate of drug-likeness (QED) is 0.302. The average Bonchev–Trinajstić information content (AvgIpc) is 3.81. The van der Waals surface area contributed by atoms with E-state index in [1.54, 1.807) is 31.2 Å². The molecule has 9 heteroatoms. The number of benzene rings is 3. The first-order valence-electron chi connectivity index (χ1n) is 14.4. The van der Waals surface area contributed by atoms with Crippen LogP contribution >= 0.6 is 7.60 Å². The molecular weight excluding hydrogens is 542 g/mol. The molecule has 1 aliphatic carbocycles. The van der Waals surface area contributed by atoms with E-state index in [1.807, 2.05) is 24.0 Å². The molecule has 1 N–H and O–H groups in total. The van der Waals surface area contributed by atoms with E-state index in [1.165, 1.54) is 17.7 Å². The fourth-order valence-corrected chi connectivity index (χ4v) is 6.43. The van der Waals surface area contributed by atoms with E-state index in [0.717, 1.165) is 60.5 Å². The van der Waals surface area contributed by atoms with Crippen LogP contribution in [0.1, 0.15) is 49.3 Å². The second kappa shape index (κ2) is 12.9. The molecule has 0 bridgehead atoms. The van der Waals surface area contributed by atoms with Crippen molar-refractivity contribution in [1.29, 1.82) is 0 Å². The molecule has 0 spiro atoms. The maximum absolute atomic E-state index is 13.6. The Bertz CT molecular complexity index is 1400. The van der Waals surface area contributed by atoms with E-state index in [-0.39, 0.29) is 30.1 Å². The van der Waals surface area contributed by atoms with Crippen LogP contribution in [0, 0.1) is 5.82 Å². The van der Waals surface area contributed by atoms with Gasteiger partial charge in [-0.2, -0.15) is 0 Å². The number of ether oxygens (including phenoxy) is 1. The zero-order valence-corrected chi connectivity index (χ0v) is 24.6. The molecular formula is C32H38FN2O5P. The minimum atomic E-state index is -3.82. The smallest absolute Gasteiger partial charge is 0.358 e. The largest absolute Gasteiger partial charge is 0.494 e. The summed E-state index contributed by atoms with van der Waals surface area (Å²) in [6.07, 6.45) is 2.57. The predicted molar refractivity (Wildman–Crippen MR) is 158 cm³/mol. The number of hydrogen-bond donors (Lipinski definition) is 1. The van der Waals surface area contributed by atoms with E-state index in [9.17, 15) is 18.6 Å². The molecule has 1 saturated heterocycles. The summed E-state index contributed by atoms with van der Waals surface area (Å²) < 4.78 is 36.8. The summed E-state index contributed by atoms with van der Waals surface area (Å²) >= 11 is 0. The van der Waals surface area contributed by atoms with Gasteiger partial charge < -0.3 is 19.1 Å². The van der Waals surface area contributed by atoms with Gasteiger partial charge in [0.25, 0.3) is 0 Å². The number of amides is 1. The molecule has 218 valence electrons. The van der Waals surface area contributed by atoms with Gasteiger partial charge in [-0.3, -0.25) is 14.3 Å². The van der Waals surface area contributed by atoms with Crippen molar-refractivity contribution in [1.82, 2.24) is 9.80 Å². The molecule has 1 amide bonds. The molecule has 3 aromatic rings. The summed E-state index contributed by atoms with van der Waals surface area (Å²) in [6.45, 7) is 7.90. The normalized spacial score (nSPS) is 17.3. The Labute approximate surface area is 241 Å². The highest BCUT2D eigenvalue weighted by Gasteiger charge is 2.29. The van der Waals surface area contributed by atoms with Gasteiger partial charge in [0.05, 0.1) is 24.9 Å². The Hall–Kier alpha value is -3.03. The summed E-state index contributed by atoms with van der Waals surface area (Å²) in [6, 6.07) is 17.6. The van der Waals surface area contributed by atoms with Gasteiger partial charge >= 0.3 is 7.60 Å². The molecule has 5 rings (SSSR count). The molecule has 41 heavy (non-hydrogen) atoms. The molecule has 2 fully saturated rings. The zero-order valence-electron chi connectivity index (χ0n) is 23.7. The SMILES string of the molecule is CCOc1cc(-c2ccc(F)cc2)c(C2CC2)cc1CN1CCN(C(=O)Cc2ccc(P(=O)(O)OCC)cc2)CC1. The van der Waals surface area contributed by atoms with Gasteiger partial charge in [-0.25, -0.2) is 4.39 Å². The zero-order chi connectivity index (χ0) is 29.0. The van der Waals surface area contributed by atoms with Gasteiger partial charge in [0.15, 0.2) is 0 Å². The molecule has 1 aliphatic heterocycles. The third-order valence-electron chi connectivity index (χ3n) is 7.75. The van der Waals surface area contributed by atoms with Gasteiger partial charge in [-0.1, -0.05) is 24.3 Å². The highest BCUT2D eigenvalue weighted by molar-refractivity contribution is 7.61. The summed E-state index contributed by atoms with van der Waals surface area (Å²) in [5, 5.41) is 0.228. The monoisotopic (exact) mass is 580 g/mol. The van der Waals surface area contributed by atoms with Crippen LogP contribution in [0.2, 0.25) is 0 Å². The summed E-state index contributed by atoms with van der Waals surface area (Å²) in [4.78, 5) is 27.2. The van der Waals surface area contributed by atoms with Crippen LogP contribution in [0.4, 0.5) is 4.39 Å². The highest BCUT2D eigenvalue weighted by atomic mass is 31.2. The summed E-state index contributed by atoms with van der Waals surface area (Å²) in [5.41, 5.74) is 5.36. The molecule has 0 radical (unpaired) electrons. The van der Waals surface area contributed by atoms with Crippen molar-refractivity contribution < 1.29 is 27.9 Å². The lowest BCUT2D eigenvalue weighted by Crippen LogP contribution is -2.48. The fraction of sp³-hybridized carbons (Fsp3) is 0.406. The number of rotatable bonds is 11. The van der Waals surface area contributed by atoms with Crippen LogP contribution in [0.15, 0.2) is 60.7 Å². The summed E-state index contributed by atoms with van der Waals surface area (Å²) in [7, 11) is -3.82. The van der Waals surface area contributed by atoms with Crippen molar-refractivity contribution in [2.24, 2.45) is 0 Å². The number of carbonyl (C=O) groups is 1. The predicted octanol–water partition coefficient (Wildman–Crippen LogP) is 5.50. The molecule has 1 atom stereocenters. The number of halogens is 1. The molecule has 3 aromatic carbocycles. The van der Waals surface area contributed by atoms with Crippen LogP contribution in [-0.4, -0.2) is 60.0 Å². The van der Waals surface area contributed by atoms with Crippen LogP contribution < -0.4 is 10.0 Å². The Morgan fingerprint density at radius 1 is 0.976 bits per heavy atom. The van der Waals surface area contributed by atoms with Crippen molar-refractivity contribution in [2.75, 3.05) is 39.4 Å². The standard InChI is InChI=1S/C32H38FN2O5P/c1-3-39-31-21-30(25-9-11-27(33)12-10-25)29(24-7-8-24)20-26(31)22-34-15-17-35(18-16-34)32(36)19-23-5-13-28(14-6-23)41(37,38)40-4-2/h5-6,9-14,20-21,24H,3-4,7-8,15-19,22H2,1-2H3,(H,37,38). The first kappa shape index (κ1) is 29.5. The highest BCUT2D eigenvalue weighted by Crippen LogP contribution is 2.46. The van der Waals surface area contributed by atoms with Gasteiger partial charge in [0.2, 0.25) is 5.91 Å². The van der Waals surface area contributed by atoms with E-state index < -0.39 is 7.60 Å². The molecule has 0 aromatic heterocycles. The molecule has 1 saturated carbocycles. The Morgan fingerprint density at radius 3 is 2.27 bits per heavy atom. The minimum Gasteiger partial charge on any atom is -0.494 e. The lowest BCUT2D eigenvalue weighted by Gasteiger charge is -2.35. The second-order valence-electron chi connectivity index (χ2n) is 10.7. The molecule has 1 unspecified atom stereocenters. The Balaban J connectivity index is 1.22. The van der Waals surface area contributed by atoms with Gasteiger partial charge in [0.1, 0.15) is 11.6 Å². The van der Waals surface area contributed by atoms with E-state index in [0.29, 0.717) is 25.6 Å².